The monoisotopic (exact) mass is 531 g/mol. The van der Waals surface area contributed by atoms with Gasteiger partial charge in [0.15, 0.2) is 23.9 Å². The van der Waals surface area contributed by atoms with Crippen LogP contribution in [0.15, 0.2) is 71.9 Å². The Bertz CT molecular complexity index is 1360. The van der Waals surface area contributed by atoms with E-state index in [1.807, 2.05) is 59.4 Å². The smallest absolute Gasteiger partial charge is 0.250 e. The lowest BCUT2D eigenvalue weighted by atomic mass is 9.85. The molecule has 1 saturated heterocycles. The fraction of sp³-hybridized carbons (Fsp3) is 0.452. The summed E-state index contributed by atoms with van der Waals surface area (Å²) in [5.74, 6) is 2.19. The second kappa shape index (κ2) is 12.0. The van der Waals surface area contributed by atoms with Gasteiger partial charge in [0.1, 0.15) is 12.7 Å². The molecule has 0 saturated carbocycles. The minimum absolute atomic E-state index is 0.000727. The van der Waals surface area contributed by atoms with E-state index in [9.17, 15) is 9.59 Å². The number of aromatic nitrogens is 2. The lowest BCUT2D eigenvalue weighted by Gasteiger charge is -2.29. The number of carbonyl (C=O) groups is 1. The van der Waals surface area contributed by atoms with Crippen molar-refractivity contribution in [1.82, 2.24) is 9.47 Å². The topological polar surface area (TPSA) is 67.9 Å². The molecule has 206 valence electrons. The highest BCUT2D eigenvalue weighted by Gasteiger charge is 2.41. The maximum atomic E-state index is 13.9. The van der Waals surface area contributed by atoms with E-state index in [0.29, 0.717) is 19.6 Å². The predicted octanol–water partition coefficient (Wildman–Crippen LogP) is 3.73. The van der Waals surface area contributed by atoms with Crippen molar-refractivity contribution in [2.24, 2.45) is 13.0 Å². The van der Waals surface area contributed by atoms with Crippen LogP contribution in [0.2, 0.25) is 0 Å². The quantitative estimate of drug-likeness (QED) is 0.373. The van der Waals surface area contributed by atoms with Crippen LogP contribution in [-0.4, -0.2) is 47.8 Å². The molecule has 5 rings (SSSR count). The molecule has 3 atom stereocenters. The molecule has 0 bridgehead atoms. The summed E-state index contributed by atoms with van der Waals surface area (Å²) in [5, 5.41) is 0. The summed E-state index contributed by atoms with van der Waals surface area (Å²) >= 11 is 0. The summed E-state index contributed by atoms with van der Waals surface area (Å²) in [6.07, 6.45) is 8.58. The third-order valence-electron chi connectivity index (χ3n) is 8.14. The average molecular weight is 532 g/mol. The molecule has 8 heteroatoms. The largest absolute Gasteiger partial charge is 0.454 e. The summed E-state index contributed by atoms with van der Waals surface area (Å²) in [7, 11) is 1.98. The predicted molar refractivity (Wildman–Crippen MR) is 150 cm³/mol. The van der Waals surface area contributed by atoms with Crippen LogP contribution >= 0.6 is 0 Å². The molecule has 8 nitrogen and oxygen atoms in total. The van der Waals surface area contributed by atoms with Gasteiger partial charge in [-0.3, -0.25) is 14.5 Å². The molecular weight excluding hydrogens is 492 g/mol. The molecule has 4 heterocycles. The van der Waals surface area contributed by atoms with E-state index < -0.39 is 0 Å². The molecule has 1 amide bonds. The van der Waals surface area contributed by atoms with Crippen LogP contribution in [0.25, 0.3) is 0 Å². The van der Waals surface area contributed by atoms with Gasteiger partial charge >= 0.3 is 0 Å². The zero-order valence-corrected chi connectivity index (χ0v) is 23.2. The van der Waals surface area contributed by atoms with Gasteiger partial charge in [-0.15, -0.1) is 0 Å². The van der Waals surface area contributed by atoms with Gasteiger partial charge < -0.3 is 18.9 Å². The van der Waals surface area contributed by atoms with E-state index in [-0.39, 0.29) is 36.1 Å². The van der Waals surface area contributed by atoms with Gasteiger partial charge in [0.2, 0.25) is 18.3 Å². The number of pyridine rings is 2. The first kappa shape index (κ1) is 26.9. The summed E-state index contributed by atoms with van der Waals surface area (Å²) in [5.41, 5.74) is 2.12. The van der Waals surface area contributed by atoms with Gasteiger partial charge in [-0.1, -0.05) is 32.4 Å². The van der Waals surface area contributed by atoms with Crippen LogP contribution in [0.1, 0.15) is 44.6 Å². The molecule has 0 aliphatic carbocycles. The first-order chi connectivity index (χ1) is 18.9. The average Bonchev–Trinajstić information content (AvgIpc) is 3.52. The van der Waals surface area contributed by atoms with Gasteiger partial charge in [-0.2, -0.15) is 0 Å². The van der Waals surface area contributed by atoms with Crippen LogP contribution in [0.5, 0.6) is 11.5 Å². The van der Waals surface area contributed by atoms with Crippen molar-refractivity contribution in [3.8, 4) is 11.5 Å². The molecule has 39 heavy (non-hydrogen) atoms. The van der Waals surface area contributed by atoms with E-state index in [0.717, 1.165) is 43.0 Å². The second-order valence-electron chi connectivity index (χ2n) is 10.7. The van der Waals surface area contributed by atoms with Crippen molar-refractivity contribution in [2.45, 2.75) is 51.6 Å². The van der Waals surface area contributed by atoms with Gasteiger partial charge in [0, 0.05) is 49.9 Å². The first-order valence-corrected chi connectivity index (χ1v) is 14.0. The van der Waals surface area contributed by atoms with E-state index in [2.05, 4.69) is 30.9 Å². The third kappa shape index (κ3) is 6.01. The standard InChI is InChI=1S/C31H39N4O4/c1-4-5-16-35(25-9-8-14-32(3)19-25)31(37)21-34-20-26(24-11-12-28-29(18-24)39-22-38-28)23(2)27(34)13-17-33-15-7-6-10-30(33)36/h6-12,14-15,18-19,23,26-27H,4-5,13,16-17,20-22H2,1-3H3/q+1/t23-,26+,27+/m1/s1. The number of unbranched alkanes of at least 4 members (excludes halogenated alkanes) is 1. The Morgan fingerprint density at radius 1 is 1.13 bits per heavy atom. The molecule has 0 spiro atoms. The molecule has 0 N–H and O–H groups in total. The highest BCUT2D eigenvalue weighted by molar-refractivity contribution is 5.94. The van der Waals surface area contributed by atoms with E-state index in [1.165, 1.54) is 5.56 Å². The normalized spacial score (nSPS) is 20.3. The van der Waals surface area contributed by atoms with Gasteiger partial charge in [0.05, 0.1) is 6.54 Å². The summed E-state index contributed by atoms with van der Waals surface area (Å²) in [6.45, 7) is 7.07. The van der Waals surface area contributed by atoms with Crippen molar-refractivity contribution in [1.29, 1.82) is 0 Å². The van der Waals surface area contributed by atoms with Crippen LogP contribution < -0.4 is 24.5 Å². The zero-order valence-electron chi connectivity index (χ0n) is 23.2. The number of ether oxygens (including phenoxy) is 2. The second-order valence-corrected chi connectivity index (χ2v) is 10.7. The van der Waals surface area contributed by atoms with E-state index in [1.54, 1.807) is 16.7 Å². The zero-order chi connectivity index (χ0) is 27.4. The van der Waals surface area contributed by atoms with E-state index in [4.69, 9.17) is 9.47 Å². The lowest BCUT2D eigenvalue weighted by Crippen LogP contribution is -2.44. The first-order valence-electron chi connectivity index (χ1n) is 14.0. The Hall–Kier alpha value is -3.65. The summed E-state index contributed by atoms with van der Waals surface area (Å²) in [6, 6.07) is 15.6. The molecule has 0 radical (unpaired) electrons. The van der Waals surface area contributed by atoms with Gasteiger partial charge in [0.25, 0.3) is 0 Å². The Balaban J connectivity index is 1.40. The number of hydrogen-bond donors (Lipinski definition) is 0. The Morgan fingerprint density at radius 2 is 1.97 bits per heavy atom. The maximum absolute atomic E-state index is 13.9. The minimum atomic E-state index is 0.000727. The number of likely N-dealkylation sites (tertiary alicyclic amines) is 1. The Labute approximate surface area is 230 Å². The fourth-order valence-electron chi connectivity index (χ4n) is 5.96. The number of nitrogens with zero attached hydrogens (tertiary/aromatic N) is 4. The van der Waals surface area contributed by atoms with Crippen molar-refractivity contribution in [3.63, 3.8) is 0 Å². The summed E-state index contributed by atoms with van der Waals surface area (Å²) in [4.78, 5) is 30.5. The molecule has 2 aliphatic rings. The molecule has 1 fully saturated rings. The number of rotatable bonds is 10. The lowest BCUT2D eigenvalue weighted by molar-refractivity contribution is -0.670. The number of carbonyl (C=O) groups excluding carboxylic acids is 1. The Morgan fingerprint density at radius 3 is 2.77 bits per heavy atom. The summed E-state index contributed by atoms with van der Waals surface area (Å²) < 4.78 is 14.9. The van der Waals surface area contributed by atoms with E-state index >= 15 is 0 Å². The van der Waals surface area contributed by atoms with Crippen molar-refractivity contribution >= 4 is 11.6 Å². The van der Waals surface area contributed by atoms with Gasteiger partial charge in [-0.25, -0.2) is 4.57 Å². The van der Waals surface area contributed by atoms with Crippen LogP contribution in [0.4, 0.5) is 5.69 Å². The molecule has 2 aliphatic heterocycles. The highest BCUT2D eigenvalue weighted by Crippen LogP contribution is 2.42. The van der Waals surface area contributed by atoms with Crippen molar-refractivity contribution in [2.75, 3.05) is 31.3 Å². The van der Waals surface area contributed by atoms with Gasteiger partial charge in [-0.05, 0) is 48.6 Å². The molecule has 0 unspecified atom stereocenters. The maximum Gasteiger partial charge on any atom is 0.250 e. The van der Waals surface area contributed by atoms with Crippen molar-refractivity contribution in [3.05, 3.63) is 83.0 Å². The van der Waals surface area contributed by atoms with Crippen molar-refractivity contribution < 1.29 is 18.8 Å². The van der Waals surface area contributed by atoms with Crippen LogP contribution in [0, 0.1) is 5.92 Å². The number of benzene rings is 1. The van der Waals surface area contributed by atoms with Crippen LogP contribution in [0.3, 0.4) is 0 Å². The number of amides is 1. The minimum Gasteiger partial charge on any atom is -0.454 e. The fourth-order valence-corrected chi connectivity index (χ4v) is 5.96. The SMILES string of the molecule is CCCCN(C(=O)CN1C[C@H](c2ccc3c(c2)OCO3)[C@@H](C)[C@@H]1CCn1ccccc1=O)c1ccc[n+](C)c1. The Kier molecular flexibility index (Phi) is 8.31. The highest BCUT2D eigenvalue weighted by atomic mass is 16.7. The number of hydrogen-bond acceptors (Lipinski definition) is 5. The van der Waals surface area contributed by atoms with Crippen LogP contribution in [-0.2, 0) is 18.4 Å². The molecule has 2 aromatic heterocycles. The molecule has 3 aromatic rings. The number of fused-ring (bicyclic) bond motifs is 1. The third-order valence-corrected chi connectivity index (χ3v) is 8.14. The molecule has 1 aromatic carbocycles. The number of aryl methyl sites for hydroxylation is 2. The number of anilines is 1. The molecular formula is C31H39N4O4+.